The lowest BCUT2D eigenvalue weighted by Crippen LogP contribution is -2.25. The van der Waals surface area contributed by atoms with E-state index in [0.717, 1.165) is 5.56 Å². The van der Waals surface area contributed by atoms with Gasteiger partial charge in [-0.2, -0.15) is 0 Å². The Balaban J connectivity index is 2.23. The van der Waals surface area contributed by atoms with Crippen LogP contribution in [0.3, 0.4) is 0 Å². The van der Waals surface area contributed by atoms with E-state index in [1.54, 1.807) is 0 Å². The normalized spacial score (nSPS) is 26.0. The highest BCUT2D eigenvalue weighted by molar-refractivity contribution is 14.1. The van der Waals surface area contributed by atoms with Crippen molar-refractivity contribution in [3.05, 3.63) is 32.9 Å². The molecule has 0 spiro atoms. The van der Waals surface area contributed by atoms with Gasteiger partial charge in [-0.1, -0.05) is 50.8 Å². The molecule has 3 unspecified atom stereocenters. The third-order valence-corrected chi connectivity index (χ3v) is 5.91. The summed E-state index contributed by atoms with van der Waals surface area (Å²) in [5.41, 5.74) is 2.41. The molecule has 1 saturated carbocycles. The number of aryl methyl sites for hydroxylation is 1. The Morgan fingerprint density at radius 2 is 2.06 bits per heavy atom. The van der Waals surface area contributed by atoms with Gasteiger partial charge in [0, 0.05) is 3.57 Å². The van der Waals surface area contributed by atoms with Gasteiger partial charge in [0.15, 0.2) is 0 Å². The van der Waals surface area contributed by atoms with E-state index < -0.39 is 0 Å². The molecule has 2 rings (SSSR count). The summed E-state index contributed by atoms with van der Waals surface area (Å²) in [6, 6.07) is 6.29. The topological polar surface area (TPSA) is 20.2 Å². The van der Waals surface area contributed by atoms with Crippen LogP contribution in [0.2, 0.25) is 0 Å². The summed E-state index contributed by atoms with van der Waals surface area (Å²) in [5.74, 6) is 1.16. The van der Waals surface area contributed by atoms with Crippen molar-refractivity contribution < 1.29 is 5.11 Å². The number of hydrogen-bond acceptors (Lipinski definition) is 1. The first kappa shape index (κ1) is 14.3. The average Bonchev–Trinajstić information content (AvgIpc) is 2.41. The van der Waals surface area contributed by atoms with E-state index in [1.165, 1.54) is 41.2 Å². The molecule has 3 atom stereocenters. The van der Waals surface area contributed by atoms with Gasteiger partial charge in [-0.15, -0.1) is 0 Å². The SMILES string of the molecule is CCC1CCCCC1C(O)c1cccc(C)c1I. The van der Waals surface area contributed by atoms with Crippen LogP contribution in [-0.4, -0.2) is 5.11 Å². The predicted octanol–water partition coefficient (Wildman–Crippen LogP) is 4.85. The fraction of sp³-hybridized carbons (Fsp3) is 0.625. The zero-order valence-corrected chi connectivity index (χ0v) is 13.5. The number of rotatable bonds is 3. The van der Waals surface area contributed by atoms with Crippen molar-refractivity contribution in [3.8, 4) is 0 Å². The number of aliphatic hydroxyl groups excluding tert-OH is 1. The summed E-state index contributed by atoms with van der Waals surface area (Å²) in [4.78, 5) is 0. The molecule has 1 aliphatic rings. The molecule has 1 aromatic rings. The van der Waals surface area contributed by atoms with Crippen molar-refractivity contribution in [2.45, 2.75) is 52.1 Å². The maximum absolute atomic E-state index is 10.7. The Kier molecular flexibility index (Phi) is 5.07. The van der Waals surface area contributed by atoms with E-state index in [9.17, 15) is 5.11 Å². The second kappa shape index (κ2) is 6.38. The first-order valence-electron chi connectivity index (χ1n) is 7.08. The zero-order valence-electron chi connectivity index (χ0n) is 11.3. The lowest BCUT2D eigenvalue weighted by molar-refractivity contribution is 0.0446. The molecule has 1 aromatic carbocycles. The number of hydrogen-bond donors (Lipinski definition) is 1. The molecule has 0 radical (unpaired) electrons. The van der Waals surface area contributed by atoms with Crippen molar-refractivity contribution >= 4 is 22.6 Å². The van der Waals surface area contributed by atoms with Crippen LogP contribution in [0.5, 0.6) is 0 Å². The molecule has 18 heavy (non-hydrogen) atoms. The molecule has 100 valence electrons. The molecule has 1 fully saturated rings. The van der Waals surface area contributed by atoms with Gasteiger partial charge in [0.25, 0.3) is 0 Å². The molecule has 1 aliphatic carbocycles. The molecular weight excluding hydrogens is 335 g/mol. The van der Waals surface area contributed by atoms with Crippen LogP contribution in [0.4, 0.5) is 0 Å². The van der Waals surface area contributed by atoms with Crippen molar-refractivity contribution in [1.29, 1.82) is 0 Å². The largest absolute Gasteiger partial charge is 0.388 e. The first-order chi connectivity index (χ1) is 8.65. The van der Waals surface area contributed by atoms with Gasteiger partial charge >= 0.3 is 0 Å². The van der Waals surface area contributed by atoms with Crippen molar-refractivity contribution in [2.24, 2.45) is 11.8 Å². The Hall–Kier alpha value is -0.0900. The minimum atomic E-state index is -0.276. The highest BCUT2D eigenvalue weighted by Gasteiger charge is 2.31. The van der Waals surface area contributed by atoms with Crippen LogP contribution in [0, 0.1) is 22.3 Å². The summed E-state index contributed by atoms with van der Waals surface area (Å²) >= 11 is 2.38. The van der Waals surface area contributed by atoms with Crippen molar-refractivity contribution in [3.63, 3.8) is 0 Å². The molecule has 0 saturated heterocycles. The first-order valence-corrected chi connectivity index (χ1v) is 8.16. The predicted molar refractivity (Wildman–Crippen MR) is 84.6 cm³/mol. The molecule has 1 nitrogen and oxygen atoms in total. The number of aliphatic hydroxyl groups is 1. The van der Waals surface area contributed by atoms with Gasteiger partial charge in [0.05, 0.1) is 6.10 Å². The van der Waals surface area contributed by atoms with E-state index in [1.807, 2.05) is 0 Å². The summed E-state index contributed by atoms with van der Waals surface area (Å²) in [6.45, 7) is 4.38. The molecule has 2 heteroatoms. The van der Waals surface area contributed by atoms with Gasteiger partial charge in [-0.05, 0) is 58.9 Å². The van der Waals surface area contributed by atoms with Crippen LogP contribution in [0.1, 0.15) is 56.3 Å². The molecule has 0 aromatic heterocycles. The Bertz CT molecular complexity index is 402. The maximum Gasteiger partial charge on any atom is 0.0831 e. The molecule has 1 N–H and O–H groups in total. The van der Waals surface area contributed by atoms with Crippen molar-refractivity contribution in [1.82, 2.24) is 0 Å². The minimum absolute atomic E-state index is 0.276. The summed E-state index contributed by atoms with van der Waals surface area (Å²) in [6.07, 6.45) is 6.02. The van der Waals surface area contributed by atoms with Gasteiger partial charge in [0.2, 0.25) is 0 Å². The average molecular weight is 358 g/mol. The van der Waals surface area contributed by atoms with Crippen molar-refractivity contribution in [2.75, 3.05) is 0 Å². The number of halogens is 1. The zero-order chi connectivity index (χ0) is 13.1. The van der Waals surface area contributed by atoms with Gasteiger partial charge in [-0.3, -0.25) is 0 Å². The fourth-order valence-electron chi connectivity index (χ4n) is 3.29. The third-order valence-electron chi connectivity index (χ3n) is 4.44. The van der Waals surface area contributed by atoms with Crippen LogP contribution in [0.25, 0.3) is 0 Å². The molecule has 0 amide bonds. The second-order valence-corrected chi connectivity index (χ2v) is 6.62. The van der Waals surface area contributed by atoms with Crippen LogP contribution < -0.4 is 0 Å². The van der Waals surface area contributed by atoms with Crippen LogP contribution in [0.15, 0.2) is 18.2 Å². The molecule has 0 aliphatic heterocycles. The standard InChI is InChI=1S/C16H23IO/c1-3-12-8-4-5-9-13(12)16(18)14-10-6-7-11(2)15(14)17/h6-7,10,12-13,16,18H,3-5,8-9H2,1-2H3. The van der Waals surface area contributed by atoms with Gasteiger partial charge in [0.1, 0.15) is 0 Å². The Morgan fingerprint density at radius 1 is 1.33 bits per heavy atom. The van der Waals surface area contributed by atoms with Crippen LogP contribution in [-0.2, 0) is 0 Å². The molecule has 0 bridgehead atoms. The summed E-state index contributed by atoms with van der Waals surface area (Å²) in [7, 11) is 0. The highest BCUT2D eigenvalue weighted by atomic mass is 127. The van der Waals surface area contributed by atoms with E-state index in [0.29, 0.717) is 11.8 Å². The molecular formula is C16H23IO. The third kappa shape index (κ3) is 2.90. The smallest absolute Gasteiger partial charge is 0.0831 e. The maximum atomic E-state index is 10.7. The van der Waals surface area contributed by atoms with E-state index in [4.69, 9.17) is 0 Å². The lowest BCUT2D eigenvalue weighted by Gasteiger charge is -2.35. The molecule has 0 heterocycles. The second-order valence-electron chi connectivity index (χ2n) is 5.54. The minimum Gasteiger partial charge on any atom is -0.388 e. The van der Waals surface area contributed by atoms with Gasteiger partial charge in [-0.25, -0.2) is 0 Å². The van der Waals surface area contributed by atoms with E-state index in [-0.39, 0.29) is 6.10 Å². The Labute approximate surface area is 124 Å². The van der Waals surface area contributed by atoms with E-state index >= 15 is 0 Å². The lowest BCUT2D eigenvalue weighted by atomic mass is 9.73. The monoisotopic (exact) mass is 358 g/mol. The summed E-state index contributed by atoms with van der Waals surface area (Å²) < 4.78 is 1.24. The van der Waals surface area contributed by atoms with E-state index in [2.05, 4.69) is 54.6 Å². The number of benzene rings is 1. The highest BCUT2D eigenvalue weighted by Crippen LogP contribution is 2.41. The van der Waals surface area contributed by atoms with Gasteiger partial charge < -0.3 is 5.11 Å². The van der Waals surface area contributed by atoms with Crippen LogP contribution >= 0.6 is 22.6 Å². The summed E-state index contributed by atoms with van der Waals surface area (Å²) in [5, 5.41) is 10.7. The quantitative estimate of drug-likeness (QED) is 0.766. The Morgan fingerprint density at radius 3 is 2.78 bits per heavy atom. The fourth-order valence-corrected chi connectivity index (χ4v) is 3.97.